The van der Waals surface area contributed by atoms with Crippen LogP contribution in [0.2, 0.25) is 0 Å². The largest absolute Gasteiger partial charge is 0.389 e. The van der Waals surface area contributed by atoms with Gasteiger partial charge in [0.25, 0.3) is 0 Å². The molecule has 1 aliphatic rings. The Morgan fingerprint density at radius 3 is 2.56 bits per heavy atom. The highest BCUT2D eigenvalue weighted by Crippen LogP contribution is 2.14. The molecule has 1 heterocycles. The number of nitrogens with one attached hydrogen (secondary N) is 1. The van der Waals surface area contributed by atoms with Crippen molar-refractivity contribution in [2.24, 2.45) is 0 Å². The Morgan fingerprint density at radius 1 is 1.36 bits per heavy atom. The lowest BCUT2D eigenvalue weighted by Gasteiger charge is -2.34. The lowest BCUT2D eigenvalue weighted by molar-refractivity contribution is 0.0437. The first-order chi connectivity index (χ1) is 11.9. The second-order valence-electron chi connectivity index (χ2n) is 7.47. The van der Waals surface area contributed by atoms with Crippen LogP contribution in [0.15, 0.2) is 43.0 Å². The average molecular weight is 345 g/mol. The number of rotatable bonds is 7. The van der Waals surface area contributed by atoms with Gasteiger partial charge in [-0.15, -0.1) is 6.58 Å². The zero-order valence-electron chi connectivity index (χ0n) is 15.4. The Labute approximate surface area is 151 Å². The van der Waals surface area contributed by atoms with Gasteiger partial charge in [-0.1, -0.05) is 36.4 Å². The summed E-state index contributed by atoms with van der Waals surface area (Å²) in [5, 5.41) is 13.3. The highest BCUT2D eigenvalue weighted by Gasteiger charge is 2.26. The molecular weight excluding hydrogens is 314 g/mol. The van der Waals surface area contributed by atoms with Gasteiger partial charge in [-0.05, 0) is 32.3 Å². The van der Waals surface area contributed by atoms with Gasteiger partial charge in [0.2, 0.25) is 0 Å². The number of hydrogen-bond acceptors (Lipinski definition) is 3. The number of nitrogens with zero attached hydrogens (tertiary/aromatic N) is 2. The molecule has 1 aromatic rings. The molecule has 2 N–H and O–H groups in total. The zero-order valence-corrected chi connectivity index (χ0v) is 15.4. The highest BCUT2D eigenvalue weighted by molar-refractivity contribution is 5.74. The summed E-state index contributed by atoms with van der Waals surface area (Å²) in [4.78, 5) is 16.8. The van der Waals surface area contributed by atoms with Crippen LogP contribution in [0.25, 0.3) is 0 Å². The fourth-order valence-electron chi connectivity index (χ4n) is 3.18. The predicted molar refractivity (Wildman–Crippen MR) is 101 cm³/mol. The van der Waals surface area contributed by atoms with E-state index in [-0.39, 0.29) is 12.1 Å². The first-order valence-corrected chi connectivity index (χ1v) is 9.02. The van der Waals surface area contributed by atoms with Crippen molar-refractivity contribution in [3.05, 3.63) is 48.6 Å². The molecule has 1 saturated heterocycles. The molecule has 0 aliphatic carbocycles. The Hall–Kier alpha value is -1.85. The number of amides is 2. The van der Waals surface area contributed by atoms with Crippen molar-refractivity contribution in [1.82, 2.24) is 15.1 Å². The lowest BCUT2D eigenvalue weighted by Crippen LogP contribution is -2.51. The Balaban J connectivity index is 1.94. The number of carbonyl (C=O) groups is 1. The monoisotopic (exact) mass is 345 g/mol. The molecule has 1 aliphatic heterocycles. The van der Waals surface area contributed by atoms with Gasteiger partial charge in [-0.3, -0.25) is 4.90 Å². The maximum atomic E-state index is 12.8. The van der Waals surface area contributed by atoms with Gasteiger partial charge in [0.05, 0.1) is 12.1 Å². The summed E-state index contributed by atoms with van der Waals surface area (Å²) >= 11 is 0. The van der Waals surface area contributed by atoms with Gasteiger partial charge in [-0.2, -0.15) is 0 Å². The van der Waals surface area contributed by atoms with E-state index in [2.05, 4.69) is 16.8 Å². The van der Waals surface area contributed by atoms with Crippen molar-refractivity contribution in [3.63, 3.8) is 0 Å². The number of hydrogen-bond donors (Lipinski definition) is 2. The second kappa shape index (κ2) is 9.02. The van der Waals surface area contributed by atoms with Crippen molar-refractivity contribution in [1.29, 1.82) is 0 Å². The molecule has 0 unspecified atom stereocenters. The zero-order chi connectivity index (χ0) is 18.3. The van der Waals surface area contributed by atoms with E-state index < -0.39 is 5.60 Å². The van der Waals surface area contributed by atoms with Crippen LogP contribution in [0.4, 0.5) is 4.79 Å². The minimum atomic E-state index is -0.931. The van der Waals surface area contributed by atoms with Crippen LogP contribution in [-0.4, -0.2) is 58.8 Å². The van der Waals surface area contributed by atoms with E-state index in [9.17, 15) is 9.90 Å². The molecule has 5 heteroatoms. The maximum Gasteiger partial charge on any atom is 0.318 e. The molecule has 0 atom stereocenters. The third kappa shape index (κ3) is 6.88. The van der Waals surface area contributed by atoms with E-state index in [0.29, 0.717) is 13.1 Å². The van der Waals surface area contributed by atoms with Crippen molar-refractivity contribution in [2.75, 3.05) is 26.2 Å². The van der Waals surface area contributed by atoms with Crippen LogP contribution < -0.4 is 5.32 Å². The molecule has 138 valence electrons. The summed E-state index contributed by atoms with van der Waals surface area (Å²) in [6.45, 7) is 10.9. The van der Waals surface area contributed by atoms with Crippen LogP contribution in [0.5, 0.6) is 0 Å². The van der Waals surface area contributed by atoms with Crippen molar-refractivity contribution < 1.29 is 9.90 Å². The Kier molecular flexibility index (Phi) is 7.02. The molecule has 1 fully saturated rings. The topological polar surface area (TPSA) is 55.8 Å². The van der Waals surface area contributed by atoms with Crippen LogP contribution in [0, 0.1) is 0 Å². The fraction of sp³-hybridized carbons (Fsp3) is 0.550. The van der Waals surface area contributed by atoms with E-state index in [1.165, 1.54) is 0 Å². The van der Waals surface area contributed by atoms with Crippen LogP contribution in [0.1, 0.15) is 32.3 Å². The average Bonchev–Trinajstić information content (AvgIpc) is 2.56. The predicted octanol–water partition coefficient (Wildman–Crippen LogP) is 2.62. The molecule has 2 amide bonds. The van der Waals surface area contributed by atoms with Gasteiger partial charge in [0.1, 0.15) is 0 Å². The lowest BCUT2D eigenvalue weighted by atomic mass is 10.0. The maximum absolute atomic E-state index is 12.8. The molecule has 1 aromatic carbocycles. The third-order valence-electron chi connectivity index (χ3n) is 4.38. The molecule has 2 rings (SSSR count). The number of aliphatic hydroxyl groups is 1. The van der Waals surface area contributed by atoms with Crippen molar-refractivity contribution in [3.8, 4) is 0 Å². The minimum absolute atomic E-state index is 0.104. The minimum Gasteiger partial charge on any atom is -0.389 e. The van der Waals surface area contributed by atoms with E-state index >= 15 is 0 Å². The number of carbonyl (C=O) groups excluding carboxylic acids is 1. The van der Waals surface area contributed by atoms with E-state index in [1.54, 1.807) is 18.7 Å². The number of urea groups is 1. The van der Waals surface area contributed by atoms with E-state index in [0.717, 1.165) is 38.0 Å². The SMILES string of the molecule is C=CCN1CCC(NC(=O)N(Cc2ccccc2)CC(C)(C)O)CC1. The molecule has 5 nitrogen and oxygen atoms in total. The molecule has 0 aromatic heterocycles. The summed E-state index contributed by atoms with van der Waals surface area (Å²) in [6.07, 6.45) is 3.81. The smallest absolute Gasteiger partial charge is 0.318 e. The summed E-state index contributed by atoms with van der Waals surface area (Å²) in [5.41, 5.74) is 0.127. The number of piperidine rings is 1. The number of benzene rings is 1. The Bertz CT molecular complexity index is 546. The molecule has 0 bridgehead atoms. The van der Waals surface area contributed by atoms with Gasteiger partial charge in [-0.25, -0.2) is 4.79 Å². The highest BCUT2D eigenvalue weighted by atomic mass is 16.3. The van der Waals surface area contributed by atoms with Crippen LogP contribution >= 0.6 is 0 Å². The number of likely N-dealkylation sites (tertiary alicyclic amines) is 1. The summed E-state index contributed by atoms with van der Waals surface area (Å²) in [7, 11) is 0. The summed E-state index contributed by atoms with van der Waals surface area (Å²) < 4.78 is 0. The van der Waals surface area contributed by atoms with E-state index in [1.807, 2.05) is 36.4 Å². The molecule has 0 radical (unpaired) electrons. The standard InChI is InChI=1S/C20H31N3O2/c1-4-12-22-13-10-18(11-14-22)21-19(24)23(16-20(2,3)25)15-17-8-6-5-7-9-17/h4-9,18,25H,1,10-16H2,2-3H3,(H,21,24). The molecular formula is C20H31N3O2. The first kappa shape index (κ1) is 19.5. The Morgan fingerprint density at radius 2 is 2.00 bits per heavy atom. The van der Waals surface area contributed by atoms with Crippen LogP contribution in [0.3, 0.4) is 0 Å². The van der Waals surface area contributed by atoms with Gasteiger partial charge >= 0.3 is 6.03 Å². The molecule has 0 spiro atoms. The summed E-state index contributed by atoms with van der Waals surface area (Å²) in [5.74, 6) is 0. The summed E-state index contributed by atoms with van der Waals surface area (Å²) in [6, 6.07) is 9.97. The van der Waals surface area contributed by atoms with Gasteiger partial charge in [0, 0.05) is 32.2 Å². The molecule has 0 saturated carbocycles. The van der Waals surface area contributed by atoms with Crippen LogP contribution in [-0.2, 0) is 6.54 Å². The quantitative estimate of drug-likeness (QED) is 0.747. The fourth-order valence-corrected chi connectivity index (χ4v) is 3.18. The van der Waals surface area contributed by atoms with Gasteiger partial charge in [0.15, 0.2) is 0 Å². The molecule has 25 heavy (non-hydrogen) atoms. The second-order valence-corrected chi connectivity index (χ2v) is 7.47. The van der Waals surface area contributed by atoms with E-state index in [4.69, 9.17) is 0 Å². The first-order valence-electron chi connectivity index (χ1n) is 9.02. The normalized spacial score (nSPS) is 16.4. The van der Waals surface area contributed by atoms with Crippen molar-refractivity contribution in [2.45, 2.75) is 44.9 Å². The van der Waals surface area contributed by atoms with Crippen molar-refractivity contribution >= 4 is 6.03 Å². The third-order valence-corrected chi connectivity index (χ3v) is 4.38. The van der Waals surface area contributed by atoms with Gasteiger partial charge < -0.3 is 15.3 Å².